The fourth-order valence-electron chi connectivity index (χ4n) is 1.81. The van der Waals surface area contributed by atoms with E-state index in [1.165, 1.54) is 19.2 Å². The molecular weight excluding hydrogens is 264 g/mol. The first kappa shape index (κ1) is 15.7. The molecule has 110 valence electrons. The number of carbonyl (C=O) groups is 1. The molecule has 1 aromatic carbocycles. The Balaban J connectivity index is 2.73. The highest BCUT2D eigenvalue weighted by molar-refractivity contribution is 5.67. The van der Waals surface area contributed by atoms with Crippen LogP contribution in [0.25, 0.3) is 0 Å². The average Bonchev–Trinajstić information content (AvgIpc) is 2.42. The molecular formula is C13H18N2O5. The Morgan fingerprint density at radius 1 is 1.55 bits per heavy atom. The Hall–Kier alpha value is -2.31. The van der Waals surface area contributed by atoms with Crippen LogP contribution in [0.1, 0.15) is 19.8 Å². The Bertz CT molecular complexity index is 490. The summed E-state index contributed by atoms with van der Waals surface area (Å²) < 4.78 is 4.97. The molecule has 1 unspecified atom stereocenters. The highest BCUT2D eigenvalue weighted by Gasteiger charge is 2.15. The molecule has 0 spiro atoms. The molecule has 2 N–H and O–H groups in total. The summed E-state index contributed by atoms with van der Waals surface area (Å²) in [5.41, 5.74) is 0.562. The van der Waals surface area contributed by atoms with Crippen LogP contribution in [0.3, 0.4) is 0 Å². The van der Waals surface area contributed by atoms with E-state index >= 15 is 0 Å². The third-order valence-electron chi connectivity index (χ3n) is 3.01. The molecule has 0 aromatic heterocycles. The monoisotopic (exact) mass is 282 g/mol. The second-order valence-corrected chi connectivity index (χ2v) is 4.40. The first-order valence-corrected chi connectivity index (χ1v) is 6.26. The van der Waals surface area contributed by atoms with Crippen molar-refractivity contribution in [2.75, 3.05) is 19.0 Å². The maximum atomic E-state index is 10.8. The van der Waals surface area contributed by atoms with Crippen LogP contribution in [0, 0.1) is 16.0 Å². The second-order valence-electron chi connectivity index (χ2n) is 4.40. The van der Waals surface area contributed by atoms with E-state index in [9.17, 15) is 14.9 Å². The standard InChI is InChI=1S/C13H18N2O5/c1-3-9(6-13(16)17)8-14-10-4-5-11(15(18)19)12(7-10)20-2/h4-5,7,9,14H,3,6,8H2,1-2H3,(H,16,17). The van der Waals surface area contributed by atoms with Crippen LogP contribution in [-0.2, 0) is 4.79 Å². The van der Waals surface area contributed by atoms with Crippen LogP contribution in [0.15, 0.2) is 18.2 Å². The minimum absolute atomic E-state index is 0.00804. The predicted molar refractivity (Wildman–Crippen MR) is 74.2 cm³/mol. The van der Waals surface area contributed by atoms with Crippen molar-refractivity contribution in [2.45, 2.75) is 19.8 Å². The van der Waals surface area contributed by atoms with E-state index in [0.717, 1.165) is 6.42 Å². The maximum absolute atomic E-state index is 10.8. The Kier molecular flexibility index (Phi) is 5.76. The zero-order chi connectivity index (χ0) is 15.1. The van der Waals surface area contributed by atoms with Gasteiger partial charge in [0.1, 0.15) is 0 Å². The van der Waals surface area contributed by atoms with Gasteiger partial charge in [0.2, 0.25) is 0 Å². The molecule has 20 heavy (non-hydrogen) atoms. The fourth-order valence-corrected chi connectivity index (χ4v) is 1.81. The lowest BCUT2D eigenvalue weighted by molar-refractivity contribution is -0.385. The van der Waals surface area contributed by atoms with Crippen molar-refractivity contribution < 1.29 is 19.6 Å². The molecule has 0 radical (unpaired) electrons. The third-order valence-corrected chi connectivity index (χ3v) is 3.01. The van der Waals surface area contributed by atoms with Gasteiger partial charge in [-0.1, -0.05) is 13.3 Å². The van der Waals surface area contributed by atoms with E-state index in [0.29, 0.717) is 12.2 Å². The molecule has 7 heteroatoms. The number of carboxylic acid groups (broad SMARTS) is 1. The van der Waals surface area contributed by atoms with Gasteiger partial charge in [-0.25, -0.2) is 0 Å². The molecule has 7 nitrogen and oxygen atoms in total. The van der Waals surface area contributed by atoms with Gasteiger partial charge < -0.3 is 15.2 Å². The topological polar surface area (TPSA) is 102 Å². The zero-order valence-corrected chi connectivity index (χ0v) is 11.5. The molecule has 1 rings (SSSR count). The number of nitrogens with one attached hydrogen (secondary N) is 1. The summed E-state index contributed by atoms with van der Waals surface area (Å²) in [7, 11) is 1.37. The van der Waals surface area contributed by atoms with E-state index in [1.807, 2.05) is 6.92 Å². The number of nitro benzene ring substituents is 1. The Morgan fingerprint density at radius 3 is 2.75 bits per heavy atom. The molecule has 1 atom stereocenters. The quantitative estimate of drug-likeness (QED) is 0.561. The zero-order valence-electron chi connectivity index (χ0n) is 11.5. The van der Waals surface area contributed by atoms with E-state index in [4.69, 9.17) is 9.84 Å². The van der Waals surface area contributed by atoms with Crippen LogP contribution in [0.2, 0.25) is 0 Å². The van der Waals surface area contributed by atoms with E-state index < -0.39 is 10.9 Å². The number of ether oxygens (including phenoxy) is 1. The summed E-state index contributed by atoms with van der Waals surface area (Å²) in [6, 6.07) is 4.47. The number of carboxylic acids is 1. The van der Waals surface area contributed by atoms with Crippen LogP contribution >= 0.6 is 0 Å². The highest BCUT2D eigenvalue weighted by Crippen LogP contribution is 2.29. The minimum atomic E-state index is -0.833. The summed E-state index contributed by atoms with van der Waals surface area (Å²) in [5.74, 6) is -0.653. The van der Waals surface area contributed by atoms with E-state index in [-0.39, 0.29) is 23.8 Å². The summed E-state index contributed by atoms with van der Waals surface area (Å²) in [5, 5.41) is 22.6. The van der Waals surface area contributed by atoms with Gasteiger partial charge in [-0.2, -0.15) is 0 Å². The molecule has 1 aromatic rings. The SMILES string of the molecule is CCC(CNc1ccc([N+](=O)[O-])c(OC)c1)CC(=O)O. The molecule has 0 aliphatic rings. The Labute approximate surface area is 116 Å². The lowest BCUT2D eigenvalue weighted by atomic mass is 10.0. The first-order chi connectivity index (χ1) is 9.47. The number of hydrogen-bond acceptors (Lipinski definition) is 5. The number of benzene rings is 1. The van der Waals surface area contributed by atoms with Crippen molar-refractivity contribution in [3.8, 4) is 5.75 Å². The number of nitrogens with zero attached hydrogens (tertiary/aromatic N) is 1. The van der Waals surface area contributed by atoms with Crippen molar-refractivity contribution in [3.63, 3.8) is 0 Å². The Morgan fingerprint density at radius 2 is 2.25 bits per heavy atom. The fraction of sp³-hybridized carbons (Fsp3) is 0.462. The van der Waals surface area contributed by atoms with Crippen LogP contribution in [-0.4, -0.2) is 29.7 Å². The van der Waals surface area contributed by atoms with Crippen LogP contribution in [0.5, 0.6) is 5.75 Å². The third kappa shape index (κ3) is 4.42. The van der Waals surface area contributed by atoms with Crippen molar-refractivity contribution in [2.24, 2.45) is 5.92 Å². The van der Waals surface area contributed by atoms with Crippen molar-refractivity contribution >= 4 is 17.3 Å². The van der Waals surface area contributed by atoms with Crippen LogP contribution < -0.4 is 10.1 Å². The first-order valence-electron chi connectivity index (χ1n) is 6.26. The highest BCUT2D eigenvalue weighted by atomic mass is 16.6. The number of methoxy groups -OCH3 is 1. The number of anilines is 1. The number of rotatable bonds is 8. The number of aliphatic carboxylic acids is 1. The lowest BCUT2D eigenvalue weighted by Crippen LogP contribution is -2.17. The predicted octanol–water partition coefficient (Wildman–Crippen LogP) is 2.52. The summed E-state index contributed by atoms with van der Waals surface area (Å²) in [4.78, 5) is 20.9. The van der Waals surface area contributed by atoms with Crippen molar-refractivity contribution in [1.29, 1.82) is 0 Å². The van der Waals surface area contributed by atoms with Gasteiger partial charge in [-0.15, -0.1) is 0 Å². The van der Waals surface area contributed by atoms with Gasteiger partial charge in [-0.05, 0) is 12.0 Å². The minimum Gasteiger partial charge on any atom is -0.490 e. The molecule has 0 bridgehead atoms. The normalized spacial score (nSPS) is 11.7. The molecule has 0 amide bonds. The van der Waals surface area contributed by atoms with Gasteiger partial charge >= 0.3 is 11.7 Å². The van der Waals surface area contributed by atoms with Gasteiger partial charge in [0, 0.05) is 30.8 Å². The van der Waals surface area contributed by atoms with Gasteiger partial charge in [0.15, 0.2) is 5.75 Å². The summed E-state index contributed by atoms with van der Waals surface area (Å²) in [6.07, 6.45) is 0.830. The van der Waals surface area contributed by atoms with E-state index in [2.05, 4.69) is 5.32 Å². The summed E-state index contributed by atoms with van der Waals surface area (Å²) >= 11 is 0. The molecule has 0 aliphatic carbocycles. The molecule has 0 saturated heterocycles. The molecule has 0 fully saturated rings. The van der Waals surface area contributed by atoms with Gasteiger partial charge in [0.25, 0.3) is 0 Å². The van der Waals surface area contributed by atoms with Crippen molar-refractivity contribution in [1.82, 2.24) is 0 Å². The second kappa shape index (κ2) is 7.32. The maximum Gasteiger partial charge on any atom is 0.311 e. The lowest BCUT2D eigenvalue weighted by Gasteiger charge is -2.14. The number of hydrogen-bond donors (Lipinski definition) is 2. The average molecular weight is 282 g/mol. The van der Waals surface area contributed by atoms with E-state index in [1.54, 1.807) is 6.07 Å². The van der Waals surface area contributed by atoms with Gasteiger partial charge in [-0.3, -0.25) is 14.9 Å². The smallest absolute Gasteiger partial charge is 0.311 e. The molecule has 0 saturated carbocycles. The molecule has 0 aliphatic heterocycles. The van der Waals surface area contributed by atoms with Gasteiger partial charge in [0.05, 0.1) is 12.0 Å². The molecule has 0 heterocycles. The summed E-state index contributed by atoms with van der Waals surface area (Å²) in [6.45, 7) is 2.41. The van der Waals surface area contributed by atoms with Crippen LogP contribution in [0.4, 0.5) is 11.4 Å². The van der Waals surface area contributed by atoms with Crippen molar-refractivity contribution in [3.05, 3.63) is 28.3 Å². The number of nitro groups is 1. The largest absolute Gasteiger partial charge is 0.490 e.